The van der Waals surface area contributed by atoms with Gasteiger partial charge in [-0.1, -0.05) is 147 Å². The average molecular weight is 948 g/mol. The number of aromatic hydroxyl groups is 1. The molecule has 0 amide bonds. The number of phenolic OH excluding ortho intramolecular Hbond substituents is 1. The average Bonchev–Trinajstić information content (AvgIpc) is 3.62. The molecule has 2 atom stereocenters. The first-order chi connectivity index (χ1) is 28.4. The zero-order chi connectivity index (χ0) is 39.2. The second-order valence-corrected chi connectivity index (χ2v) is 15.8. The molecule has 0 saturated carbocycles. The van der Waals surface area contributed by atoms with Crippen molar-refractivity contribution in [3.63, 3.8) is 0 Å². The zero-order valence-electron chi connectivity index (χ0n) is 32.8. The number of amidine groups is 1. The molecule has 59 heavy (non-hydrogen) atoms. The van der Waals surface area contributed by atoms with Gasteiger partial charge in [0.05, 0.1) is 23.6 Å². The van der Waals surface area contributed by atoms with Crippen molar-refractivity contribution in [3.8, 4) is 50.8 Å². The van der Waals surface area contributed by atoms with Gasteiger partial charge in [0.25, 0.3) is 0 Å². The summed E-state index contributed by atoms with van der Waals surface area (Å²) in [6.45, 7) is 4.79. The molecule has 0 bridgehead atoms. The Morgan fingerprint density at radius 1 is 0.661 bits per heavy atom. The summed E-state index contributed by atoms with van der Waals surface area (Å²) in [5.41, 5.74) is 11.7. The Labute approximate surface area is 360 Å². The molecule has 0 saturated heterocycles. The Kier molecular flexibility index (Phi) is 10.2. The van der Waals surface area contributed by atoms with Gasteiger partial charge in [0, 0.05) is 54.8 Å². The van der Waals surface area contributed by atoms with Crippen LogP contribution in [-0.4, -0.2) is 28.0 Å². The number of nitrogens with zero attached hydrogens (tertiary/aromatic N) is 3. The first-order valence-electron chi connectivity index (χ1n) is 20.0. The number of benzene rings is 7. The minimum Gasteiger partial charge on any atom is -0.506 e. The van der Waals surface area contributed by atoms with E-state index in [0.29, 0.717) is 17.1 Å². The second kappa shape index (κ2) is 15.8. The zero-order valence-corrected chi connectivity index (χ0v) is 35.1. The number of fused-ring (bicyclic) bond motifs is 3. The molecule has 2 heterocycles. The monoisotopic (exact) mass is 947 g/mol. The SMILES string of the molecule is CC1(C)c2ccccc2CC[C@@H]2N=C(c3[c-]c(Oc4ccc5cccc(O)c5n4)ccc3)N(c3c(-c4ccccc4)cc(-c4ccccc4)cc3-c3ccccc3)[C@H]21.[Pt]. The Hall–Kier alpha value is -6.29. The van der Waals surface area contributed by atoms with Crippen LogP contribution < -0.4 is 9.64 Å². The Morgan fingerprint density at radius 3 is 1.98 bits per heavy atom. The molecule has 292 valence electrons. The summed E-state index contributed by atoms with van der Waals surface area (Å²) in [6, 6.07) is 64.6. The van der Waals surface area contributed by atoms with Gasteiger partial charge in [0.1, 0.15) is 11.3 Å². The molecule has 6 heteroatoms. The Bertz CT molecular complexity index is 2760. The number of rotatable bonds is 7. The molecule has 2 aliphatic rings. The van der Waals surface area contributed by atoms with Gasteiger partial charge in [-0.2, -0.15) is 0 Å². The summed E-state index contributed by atoms with van der Waals surface area (Å²) >= 11 is 0. The number of anilines is 1. The number of phenols is 1. The summed E-state index contributed by atoms with van der Waals surface area (Å²) in [4.78, 5) is 12.9. The third-order valence-corrected chi connectivity index (χ3v) is 11.8. The van der Waals surface area contributed by atoms with Crippen LogP contribution in [0.15, 0.2) is 181 Å². The van der Waals surface area contributed by atoms with E-state index in [9.17, 15) is 5.11 Å². The largest absolute Gasteiger partial charge is 0.506 e. The maximum atomic E-state index is 10.6. The third-order valence-electron chi connectivity index (χ3n) is 11.8. The van der Waals surface area contributed by atoms with Crippen LogP contribution in [0.2, 0.25) is 0 Å². The molecule has 0 radical (unpaired) electrons. The van der Waals surface area contributed by atoms with E-state index in [0.717, 1.165) is 68.7 Å². The van der Waals surface area contributed by atoms with Gasteiger partial charge >= 0.3 is 0 Å². The summed E-state index contributed by atoms with van der Waals surface area (Å²) in [5.74, 6) is 1.87. The predicted octanol–water partition coefficient (Wildman–Crippen LogP) is 12.5. The standard InChI is InChI=1S/C53H42N3O2.Pt/c1-53(2)45-26-13-12-22-38(45)28-30-46-51(53)56(52(54-46)40-24-14-25-42(32-40)58-48-31-29-39-23-15-27-47(57)49(39)55-48)50-43(36-18-8-4-9-19-36)33-41(35-16-6-3-7-17-35)34-44(50)37-20-10-5-11-21-37;/h3-27,29,31,33-34,46,51,57H,28,30H2,1-2H3;/q-1;/t46-,51+;/m0./s1. The first-order valence-corrected chi connectivity index (χ1v) is 20.0. The van der Waals surface area contributed by atoms with Crippen LogP contribution in [0.4, 0.5) is 5.69 Å². The maximum absolute atomic E-state index is 10.6. The minimum absolute atomic E-state index is 0. The number of aryl methyl sites for hydroxylation is 1. The van der Waals surface area contributed by atoms with E-state index in [2.05, 4.69) is 163 Å². The number of hydrogen-bond donors (Lipinski definition) is 1. The van der Waals surface area contributed by atoms with E-state index in [1.54, 1.807) is 6.07 Å². The fourth-order valence-electron chi connectivity index (χ4n) is 9.18. The van der Waals surface area contributed by atoms with Crippen molar-refractivity contribution in [2.45, 2.75) is 44.2 Å². The van der Waals surface area contributed by atoms with Crippen LogP contribution in [-0.2, 0) is 32.9 Å². The van der Waals surface area contributed by atoms with Crippen LogP contribution in [0.3, 0.4) is 0 Å². The number of hydrogen-bond acceptors (Lipinski definition) is 5. The van der Waals surface area contributed by atoms with Gasteiger partial charge in [-0.25, -0.2) is 4.98 Å². The number of para-hydroxylation sites is 1. The van der Waals surface area contributed by atoms with E-state index in [-0.39, 0.29) is 44.3 Å². The molecule has 1 aliphatic heterocycles. The van der Waals surface area contributed by atoms with E-state index < -0.39 is 0 Å². The summed E-state index contributed by atoms with van der Waals surface area (Å²) in [5, 5.41) is 11.4. The molecule has 7 aromatic carbocycles. The summed E-state index contributed by atoms with van der Waals surface area (Å²) in [7, 11) is 0. The van der Waals surface area contributed by atoms with Gasteiger partial charge in [-0.3, -0.25) is 0 Å². The summed E-state index contributed by atoms with van der Waals surface area (Å²) in [6.07, 6.45) is 1.86. The topological polar surface area (TPSA) is 58.0 Å². The van der Waals surface area contributed by atoms with Crippen LogP contribution in [0.5, 0.6) is 17.4 Å². The van der Waals surface area contributed by atoms with Crippen LogP contribution in [0.25, 0.3) is 44.3 Å². The van der Waals surface area contributed by atoms with Crippen LogP contribution >= 0.6 is 0 Å². The third kappa shape index (κ3) is 7.04. The van der Waals surface area contributed by atoms with Crippen molar-refractivity contribution in [2.75, 3.05) is 4.90 Å². The molecule has 8 aromatic rings. The fourth-order valence-corrected chi connectivity index (χ4v) is 9.18. The van der Waals surface area contributed by atoms with Crippen molar-refractivity contribution < 1.29 is 30.9 Å². The van der Waals surface area contributed by atoms with Crippen molar-refractivity contribution in [2.24, 2.45) is 4.99 Å². The van der Waals surface area contributed by atoms with Crippen LogP contribution in [0.1, 0.15) is 37.0 Å². The molecule has 0 unspecified atom stereocenters. The van der Waals surface area contributed by atoms with Crippen molar-refractivity contribution in [1.29, 1.82) is 0 Å². The minimum atomic E-state index is -0.297. The van der Waals surface area contributed by atoms with Crippen LogP contribution in [0, 0.1) is 6.07 Å². The Morgan fingerprint density at radius 2 is 1.29 bits per heavy atom. The molecule has 1 aliphatic carbocycles. The van der Waals surface area contributed by atoms with Gasteiger partial charge in [0.15, 0.2) is 0 Å². The van der Waals surface area contributed by atoms with E-state index in [4.69, 9.17) is 9.73 Å². The number of aliphatic imine (C=N–C) groups is 1. The molecule has 1 N–H and O–H groups in total. The second-order valence-electron chi connectivity index (χ2n) is 15.8. The molecule has 1 aromatic heterocycles. The molecule has 0 spiro atoms. The normalized spacial score (nSPS) is 16.6. The van der Waals surface area contributed by atoms with E-state index >= 15 is 0 Å². The maximum Gasteiger partial charge on any atom is 0.217 e. The fraction of sp³-hybridized carbons (Fsp3) is 0.132. The molecule has 5 nitrogen and oxygen atoms in total. The quantitative estimate of drug-likeness (QED) is 0.162. The van der Waals surface area contributed by atoms with Gasteiger partial charge in [0.2, 0.25) is 5.88 Å². The predicted molar refractivity (Wildman–Crippen MR) is 236 cm³/mol. The smallest absolute Gasteiger partial charge is 0.217 e. The number of aromatic nitrogens is 1. The molecular weight excluding hydrogens is 906 g/mol. The molecule has 0 fully saturated rings. The van der Waals surface area contributed by atoms with Crippen molar-refractivity contribution in [3.05, 3.63) is 199 Å². The van der Waals surface area contributed by atoms with Crippen molar-refractivity contribution in [1.82, 2.24) is 4.98 Å². The summed E-state index contributed by atoms with van der Waals surface area (Å²) < 4.78 is 6.41. The van der Waals surface area contributed by atoms with Crippen molar-refractivity contribution >= 4 is 22.4 Å². The molecule has 10 rings (SSSR count). The number of pyridine rings is 1. The Balaban J connectivity index is 0.00000449. The van der Waals surface area contributed by atoms with Gasteiger partial charge in [-0.15, -0.1) is 23.8 Å². The number of ether oxygens (including phenoxy) is 1. The van der Waals surface area contributed by atoms with E-state index in [1.807, 2.05) is 36.4 Å². The van der Waals surface area contributed by atoms with E-state index in [1.165, 1.54) is 11.1 Å². The first kappa shape index (κ1) is 38.2. The van der Waals surface area contributed by atoms with Gasteiger partial charge < -0.3 is 19.7 Å². The molecular formula is C53H42N3O2Pt-. The van der Waals surface area contributed by atoms with Gasteiger partial charge in [-0.05, 0) is 70.5 Å².